The van der Waals surface area contributed by atoms with E-state index in [4.69, 9.17) is 11.6 Å². The molecule has 0 radical (unpaired) electrons. The summed E-state index contributed by atoms with van der Waals surface area (Å²) in [6.07, 6.45) is 4.99. The zero-order valence-corrected chi connectivity index (χ0v) is 11.4. The number of thiophene rings is 1. The van der Waals surface area contributed by atoms with Crippen LogP contribution in [0.25, 0.3) is 10.2 Å². The highest BCUT2D eigenvalue weighted by Gasteiger charge is 2.05. The maximum Gasteiger partial charge on any atom is 0.138 e. The summed E-state index contributed by atoms with van der Waals surface area (Å²) in [5.74, 6) is 1.70. The highest BCUT2D eigenvalue weighted by molar-refractivity contribution is 7.18. The standard InChI is InChI=1S/C12H16ClN3S/c1-9-7-10-11(14-6-4-2-3-5-13)15-8-16-12(10)17-9/h7-8H,2-6H2,1H3,(H,14,15,16). The first-order chi connectivity index (χ1) is 8.31. The van der Waals surface area contributed by atoms with Gasteiger partial charge in [0.2, 0.25) is 0 Å². The van der Waals surface area contributed by atoms with Crippen LogP contribution < -0.4 is 5.32 Å². The van der Waals surface area contributed by atoms with Gasteiger partial charge in [-0.25, -0.2) is 9.97 Å². The number of alkyl halides is 1. The van der Waals surface area contributed by atoms with Crippen LogP contribution in [0.2, 0.25) is 0 Å². The summed E-state index contributed by atoms with van der Waals surface area (Å²) in [5, 5.41) is 4.50. The Hall–Kier alpha value is -0.870. The summed E-state index contributed by atoms with van der Waals surface area (Å²) in [6, 6.07) is 2.14. The van der Waals surface area contributed by atoms with Gasteiger partial charge in [-0.1, -0.05) is 6.42 Å². The fourth-order valence-corrected chi connectivity index (χ4v) is 2.76. The predicted octanol–water partition coefficient (Wildman–Crippen LogP) is 3.82. The summed E-state index contributed by atoms with van der Waals surface area (Å²) >= 11 is 7.34. The lowest BCUT2D eigenvalue weighted by molar-refractivity contribution is 0.746. The van der Waals surface area contributed by atoms with Crippen LogP contribution in [0.15, 0.2) is 12.4 Å². The number of aromatic nitrogens is 2. The van der Waals surface area contributed by atoms with E-state index in [1.54, 1.807) is 17.7 Å². The smallest absolute Gasteiger partial charge is 0.138 e. The van der Waals surface area contributed by atoms with E-state index in [9.17, 15) is 0 Å². The molecule has 0 unspecified atom stereocenters. The minimum absolute atomic E-state index is 0.751. The molecular formula is C12H16ClN3S. The van der Waals surface area contributed by atoms with E-state index in [1.807, 2.05) is 0 Å². The first-order valence-electron chi connectivity index (χ1n) is 5.82. The van der Waals surface area contributed by atoms with E-state index < -0.39 is 0 Å². The van der Waals surface area contributed by atoms with E-state index in [1.165, 1.54) is 4.88 Å². The Bertz CT molecular complexity index is 484. The van der Waals surface area contributed by atoms with E-state index in [0.717, 1.165) is 47.7 Å². The maximum absolute atomic E-state index is 5.64. The molecule has 0 aliphatic carbocycles. The van der Waals surface area contributed by atoms with Gasteiger partial charge < -0.3 is 5.32 Å². The summed E-state index contributed by atoms with van der Waals surface area (Å²) in [6.45, 7) is 3.04. The van der Waals surface area contributed by atoms with Crippen molar-refractivity contribution in [3.05, 3.63) is 17.3 Å². The quantitative estimate of drug-likeness (QED) is 0.640. The Kier molecular flexibility index (Phi) is 4.57. The van der Waals surface area contributed by atoms with Crippen molar-refractivity contribution in [2.75, 3.05) is 17.7 Å². The second kappa shape index (κ2) is 6.17. The molecule has 92 valence electrons. The number of hydrogen-bond donors (Lipinski definition) is 1. The number of unbranched alkanes of at least 4 members (excludes halogenated alkanes) is 2. The normalized spacial score (nSPS) is 10.9. The number of halogens is 1. The summed E-state index contributed by atoms with van der Waals surface area (Å²) in [5.41, 5.74) is 0. The third kappa shape index (κ3) is 3.30. The molecule has 0 aliphatic heterocycles. The van der Waals surface area contributed by atoms with Gasteiger partial charge in [-0.3, -0.25) is 0 Å². The van der Waals surface area contributed by atoms with Gasteiger partial charge in [-0.05, 0) is 25.8 Å². The van der Waals surface area contributed by atoms with Crippen LogP contribution in [0.3, 0.4) is 0 Å². The Balaban J connectivity index is 1.98. The third-order valence-electron chi connectivity index (χ3n) is 2.56. The fraction of sp³-hybridized carbons (Fsp3) is 0.500. The minimum atomic E-state index is 0.751. The molecular weight excluding hydrogens is 254 g/mol. The second-order valence-electron chi connectivity index (χ2n) is 3.97. The van der Waals surface area contributed by atoms with Gasteiger partial charge in [0.1, 0.15) is 17.0 Å². The van der Waals surface area contributed by atoms with Crippen LogP contribution in [-0.2, 0) is 0 Å². The number of hydrogen-bond acceptors (Lipinski definition) is 4. The molecule has 0 fully saturated rings. The molecule has 0 aliphatic rings. The van der Waals surface area contributed by atoms with E-state index in [0.29, 0.717) is 0 Å². The van der Waals surface area contributed by atoms with Crippen molar-refractivity contribution in [1.82, 2.24) is 9.97 Å². The topological polar surface area (TPSA) is 37.8 Å². The van der Waals surface area contributed by atoms with Crippen molar-refractivity contribution in [2.45, 2.75) is 26.2 Å². The Labute approximate surface area is 110 Å². The Morgan fingerprint density at radius 3 is 3.00 bits per heavy atom. The van der Waals surface area contributed by atoms with Crippen molar-refractivity contribution in [1.29, 1.82) is 0 Å². The molecule has 17 heavy (non-hydrogen) atoms. The minimum Gasteiger partial charge on any atom is -0.369 e. The highest BCUT2D eigenvalue weighted by Crippen LogP contribution is 2.27. The van der Waals surface area contributed by atoms with Crippen molar-refractivity contribution < 1.29 is 0 Å². The molecule has 0 spiro atoms. The number of aryl methyl sites for hydroxylation is 1. The van der Waals surface area contributed by atoms with Gasteiger partial charge in [0, 0.05) is 17.3 Å². The summed E-state index contributed by atoms with van der Waals surface area (Å²) in [4.78, 5) is 10.9. The molecule has 0 atom stereocenters. The lowest BCUT2D eigenvalue weighted by Crippen LogP contribution is -2.03. The van der Waals surface area contributed by atoms with E-state index in [-0.39, 0.29) is 0 Å². The van der Waals surface area contributed by atoms with Crippen molar-refractivity contribution in [3.8, 4) is 0 Å². The molecule has 0 bridgehead atoms. The second-order valence-corrected chi connectivity index (χ2v) is 5.59. The zero-order valence-electron chi connectivity index (χ0n) is 9.87. The molecule has 2 heterocycles. The molecule has 3 nitrogen and oxygen atoms in total. The molecule has 0 saturated carbocycles. The van der Waals surface area contributed by atoms with Crippen LogP contribution in [0.4, 0.5) is 5.82 Å². The zero-order chi connectivity index (χ0) is 12.1. The van der Waals surface area contributed by atoms with Crippen LogP contribution in [0, 0.1) is 6.92 Å². The lowest BCUT2D eigenvalue weighted by Gasteiger charge is -2.05. The molecule has 0 aromatic carbocycles. The molecule has 0 amide bonds. The third-order valence-corrected chi connectivity index (χ3v) is 3.78. The van der Waals surface area contributed by atoms with Crippen LogP contribution >= 0.6 is 22.9 Å². The number of fused-ring (bicyclic) bond motifs is 1. The maximum atomic E-state index is 5.64. The van der Waals surface area contributed by atoms with Gasteiger partial charge in [-0.2, -0.15) is 0 Å². The number of anilines is 1. The molecule has 2 aromatic heterocycles. The largest absolute Gasteiger partial charge is 0.369 e. The van der Waals surface area contributed by atoms with Crippen LogP contribution in [0.5, 0.6) is 0 Å². The number of rotatable bonds is 6. The molecule has 2 rings (SSSR count). The number of nitrogens with one attached hydrogen (secondary N) is 1. The van der Waals surface area contributed by atoms with Crippen LogP contribution in [-0.4, -0.2) is 22.4 Å². The van der Waals surface area contributed by atoms with Gasteiger partial charge in [0.15, 0.2) is 0 Å². The molecule has 2 aromatic rings. The fourth-order valence-electron chi connectivity index (χ4n) is 1.72. The van der Waals surface area contributed by atoms with Gasteiger partial charge in [-0.15, -0.1) is 22.9 Å². The SMILES string of the molecule is Cc1cc2c(NCCCCCCl)ncnc2s1. The summed E-state index contributed by atoms with van der Waals surface area (Å²) < 4.78 is 0. The average Bonchev–Trinajstić information content (AvgIpc) is 2.70. The van der Waals surface area contributed by atoms with Gasteiger partial charge in [0.25, 0.3) is 0 Å². The predicted molar refractivity (Wildman–Crippen MR) is 75.2 cm³/mol. The average molecular weight is 270 g/mol. The Morgan fingerprint density at radius 1 is 1.29 bits per heavy atom. The number of nitrogens with zero attached hydrogens (tertiary/aromatic N) is 2. The van der Waals surface area contributed by atoms with Crippen molar-refractivity contribution in [3.63, 3.8) is 0 Å². The molecule has 5 heteroatoms. The lowest BCUT2D eigenvalue weighted by atomic mass is 10.2. The first-order valence-corrected chi connectivity index (χ1v) is 7.17. The Morgan fingerprint density at radius 2 is 2.18 bits per heavy atom. The monoisotopic (exact) mass is 269 g/mol. The van der Waals surface area contributed by atoms with Gasteiger partial charge in [0.05, 0.1) is 5.39 Å². The van der Waals surface area contributed by atoms with Crippen molar-refractivity contribution in [2.24, 2.45) is 0 Å². The molecule has 1 N–H and O–H groups in total. The van der Waals surface area contributed by atoms with Crippen LogP contribution in [0.1, 0.15) is 24.1 Å². The van der Waals surface area contributed by atoms with E-state index in [2.05, 4.69) is 28.3 Å². The summed E-state index contributed by atoms with van der Waals surface area (Å²) in [7, 11) is 0. The first kappa shape index (κ1) is 12.6. The molecule has 0 saturated heterocycles. The highest BCUT2D eigenvalue weighted by atomic mass is 35.5. The van der Waals surface area contributed by atoms with Gasteiger partial charge >= 0.3 is 0 Å². The van der Waals surface area contributed by atoms with E-state index >= 15 is 0 Å². The van der Waals surface area contributed by atoms with Crippen molar-refractivity contribution >= 4 is 39.0 Å².